The number of carbonyl (C=O) groups excluding carboxylic acids is 1. The standard InChI is InChI=1S/C28H46O8/c1-15(26(4,34)14-29)10-23(33)27(5,35)22-7-9-28(36)17-11-19(30)18-12-20(31)21(32)13-24(18,2)16(17)6-8-25(22,28)3/h11,15-16,18,20-23,29,31-36H,6-10,12-14H2,1-5H3/t15-,16-,18+,20+,21-,22-,23+,24-,25-,26+,27-,28+/m1/s1. The Balaban J connectivity index is 1.65. The molecule has 0 radical (unpaired) electrons. The van der Waals surface area contributed by atoms with Crippen LogP contribution in [0.2, 0.25) is 0 Å². The maximum Gasteiger partial charge on any atom is 0.159 e. The normalized spacial score (nSPS) is 47.5. The Morgan fingerprint density at radius 2 is 1.72 bits per heavy atom. The monoisotopic (exact) mass is 510 g/mol. The van der Waals surface area contributed by atoms with Crippen molar-refractivity contribution in [1.29, 1.82) is 0 Å². The van der Waals surface area contributed by atoms with Crippen molar-refractivity contribution in [2.75, 3.05) is 6.61 Å². The molecule has 0 aromatic heterocycles. The first-order chi connectivity index (χ1) is 16.5. The van der Waals surface area contributed by atoms with Crippen molar-refractivity contribution in [1.82, 2.24) is 0 Å². The smallest absolute Gasteiger partial charge is 0.159 e. The van der Waals surface area contributed by atoms with Crippen LogP contribution in [0.4, 0.5) is 0 Å². The number of carbonyl (C=O) groups is 1. The average Bonchev–Trinajstić information content (AvgIpc) is 3.07. The van der Waals surface area contributed by atoms with Crippen LogP contribution in [0.5, 0.6) is 0 Å². The van der Waals surface area contributed by atoms with E-state index in [4.69, 9.17) is 0 Å². The number of allylic oxidation sites excluding steroid dienone is 1. The van der Waals surface area contributed by atoms with Crippen LogP contribution in [-0.4, -0.2) is 83.3 Å². The molecule has 0 bridgehead atoms. The molecule has 0 heterocycles. The highest BCUT2D eigenvalue weighted by atomic mass is 16.3. The van der Waals surface area contributed by atoms with Crippen molar-refractivity contribution in [2.45, 2.75) is 115 Å². The summed E-state index contributed by atoms with van der Waals surface area (Å²) >= 11 is 0. The Morgan fingerprint density at radius 3 is 2.33 bits per heavy atom. The Morgan fingerprint density at radius 1 is 1.08 bits per heavy atom. The minimum absolute atomic E-state index is 0.0787. The van der Waals surface area contributed by atoms with E-state index in [0.29, 0.717) is 37.7 Å². The fourth-order valence-electron chi connectivity index (χ4n) is 8.52. The van der Waals surface area contributed by atoms with Gasteiger partial charge < -0.3 is 35.7 Å². The van der Waals surface area contributed by atoms with Gasteiger partial charge in [-0.1, -0.05) is 20.8 Å². The summed E-state index contributed by atoms with van der Waals surface area (Å²) in [5.41, 5.74) is -4.98. The van der Waals surface area contributed by atoms with Crippen LogP contribution in [0.3, 0.4) is 0 Å². The highest BCUT2D eigenvalue weighted by Crippen LogP contribution is 2.68. The largest absolute Gasteiger partial charge is 0.393 e. The van der Waals surface area contributed by atoms with Gasteiger partial charge in [-0.2, -0.15) is 0 Å². The van der Waals surface area contributed by atoms with Gasteiger partial charge in [0.25, 0.3) is 0 Å². The van der Waals surface area contributed by atoms with Crippen molar-refractivity contribution in [3.63, 3.8) is 0 Å². The molecule has 8 nitrogen and oxygen atoms in total. The lowest BCUT2D eigenvalue weighted by Crippen LogP contribution is -2.63. The van der Waals surface area contributed by atoms with E-state index in [2.05, 4.69) is 0 Å². The molecule has 7 N–H and O–H groups in total. The lowest BCUT2D eigenvalue weighted by atomic mass is 9.45. The zero-order valence-corrected chi connectivity index (χ0v) is 22.3. The van der Waals surface area contributed by atoms with Crippen LogP contribution in [0, 0.1) is 34.5 Å². The quantitative estimate of drug-likeness (QED) is 0.280. The molecular formula is C28H46O8. The Hall–Kier alpha value is -0.870. The van der Waals surface area contributed by atoms with Crippen LogP contribution >= 0.6 is 0 Å². The second kappa shape index (κ2) is 8.83. The van der Waals surface area contributed by atoms with Crippen molar-refractivity contribution >= 4 is 5.78 Å². The number of hydrogen-bond acceptors (Lipinski definition) is 8. The number of hydrogen-bond donors (Lipinski definition) is 7. The van der Waals surface area contributed by atoms with E-state index in [1.807, 2.05) is 13.8 Å². The van der Waals surface area contributed by atoms with Gasteiger partial charge in [-0.15, -0.1) is 0 Å². The van der Waals surface area contributed by atoms with Gasteiger partial charge in [-0.3, -0.25) is 4.79 Å². The lowest BCUT2D eigenvalue weighted by Gasteiger charge is -2.60. The topological polar surface area (TPSA) is 159 Å². The summed E-state index contributed by atoms with van der Waals surface area (Å²) in [5, 5.41) is 75.7. The third-order valence-electron chi connectivity index (χ3n) is 11.5. The molecule has 8 heteroatoms. The molecular weight excluding hydrogens is 464 g/mol. The first kappa shape index (κ1) is 28.1. The van der Waals surface area contributed by atoms with Crippen molar-refractivity contribution < 1.29 is 40.5 Å². The molecule has 0 aromatic carbocycles. The number of aliphatic hydroxyl groups excluding tert-OH is 4. The second-order valence-electron chi connectivity index (χ2n) is 13.5. The average molecular weight is 511 g/mol. The summed E-state index contributed by atoms with van der Waals surface area (Å²) in [6.07, 6.45) is 1.20. The molecule has 206 valence electrons. The molecule has 0 spiro atoms. The minimum atomic E-state index is -1.57. The summed E-state index contributed by atoms with van der Waals surface area (Å²) in [6, 6.07) is 0. The number of ketones is 1. The SMILES string of the molecule is C[C@H](C[C@H](O)[C@](C)(O)[C@@H]1CC[C@]2(O)C3=CC(=O)[C@@H]4C[C@H](O)[C@H](O)C[C@]4(C)[C@@H]3CC[C@]12C)[C@@](C)(O)CO. The van der Waals surface area contributed by atoms with Crippen molar-refractivity contribution in [2.24, 2.45) is 34.5 Å². The van der Waals surface area contributed by atoms with E-state index in [1.54, 1.807) is 19.9 Å². The highest BCUT2D eigenvalue weighted by Gasteiger charge is 2.69. The van der Waals surface area contributed by atoms with Gasteiger partial charge in [-0.25, -0.2) is 0 Å². The molecule has 0 aliphatic heterocycles. The van der Waals surface area contributed by atoms with Crippen LogP contribution in [0.1, 0.15) is 79.6 Å². The Labute approximate surface area is 214 Å². The zero-order chi connectivity index (χ0) is 27.1. The van der Waals surface area contributed by atoms with Crippen LogP contribution in [-0.2, 0) is 4.79 Å². The highest BCUT2D eigenvalue weighted by molar-refractivity contribution is 5.95. The fraction of sp³-hybridized carbons (Fsp3) is 0.893. The van der Waals surface area contributed by atoms with E-state index < -0.39 is 70.3 Å². The van der Waals surface area contributed by atoms with Crippen LogP contribution in [0.25, 0.3) is 0 Å². The van der Waals surface area contributed by atoms with Gasteiger partial charge in [0.1, 0.15) is 0 Å². The number of rotatable bonds is 6. The predicted molar refractivity (Wildman–Crippen MR) is 133 cm³/mol. The Kier molecular flexibility index (Phi) is 6.90. The molecule has 4 aliphatic carbocycles. The van der Waals surface area contributed by atoms with E-state index in [9.17, 15) is 40.5 Å². The van der Waals surface area contributed by atoms with E-state index in [0.717, 1.165) is 0 Å². The predicted octanol–water partition coefficient (Wildman–Crippen LogP) is 1.07. The van der Waals surface area contributed by atoms with Gasteiger partial charge in [0.05, 0.1) is 41.7 Å². The van der Waals surface area contributed by atoms with E-state index in [-0.39, 0.29) is 24.5 Å². The number of aliphatic hydroxyl groups is 7. The molecule has 3 saturated carbocycles. The third-order valence-corrected chi connectivity index (χ3v) is 11.5. The molecule has 0 aromatic rings. The van der Waals surface area contributed by atoms with E-state index in [1.165, 1.54) is 6.92 Å². The first-order valence-electron chi connectivity index (χ1n) is 13.5. The summed E-state index contributed by atoms with van der Waals surface area (Å²) in [6.45, 7) is 8.28. The van der Waals surface area contributed by atoms with Gasteiger partial charge in [-0.05, 0) is 93.6 Å². The molecule has 4 rings (SSSR count). The number of fused-ring (bicyclic) bond motifs is 5. The fourth-order valence-corrected chi connectivity index (χ4v) is 8.52. The van der Waals surface area contributed by atoms with Gasteiger partial charge in [0.15, 0.2) is 5.78 Å². The summed E-state index contributed by atoms with van der Waals surface area (Å²) in [5.74, 6) is -1.58. The summed E-state index contributed by atoms with van der Waals surface area (Å²) < 4.78 is 0. The molecule has 36 heavy (non-hydrogen) atoms. The zero-order valence-electron chi connectivity index (χ0n) is 22.3. The maximum absolute atomic E-state index is 13.3. The van der Waals surface area contributed by atoms with E-state index >= 15 is 0 Å². The van der Waals surface area contributed by atoms with Crippen molar-refractivity contribution in [3.8, 4) is 0 Å². The maximum atomic E-state index is 13.3. The second-order valence-corrected chi connectivity index (χ2v) is 13.5. The minimum Gasteiger partial charge on any atom is -0.393 e. The summed E-state index contributed by atoms with van der Waals surface area (Å²) in [4.78, 5) is 13.3. The van der Waals surface area contributed by atoms with Crippen LogP contribution < -0.4 is 0 Å². The molecule has 3 fully saturated rings. The first-order valence-corrected chi connectivity index (χ1v) is 13.5. The van der Waals surface area contributed by atoms with Crippen LogP contribution in [0.15, 0.2) is 11.6 Å². The lowest BCUT2D eigenvalue weighted by molar-refractivity contribution is -0.180. The summed E-state index contributed by atoms with van der Waals surface area (Å²) in [7, 11) is 0. The van der Waals surface area contributed by atoms with Gasteiger partial charge >= 0.3 is 0 Å². The molecule has 12 atom stereocenters. The molecule has 4 aliphatic rings. The molecule has 0 unspecified atom stereocenters. The molecule has 0 amide bonds. The third kappa shape index (κ3) is 3.86. The Bertz CT molecular complexity index is 913. The van der Waals surface area contributed by atoms with Gasteiger partial charge in [0, 0.05) is 11.3 Å². The van der Waals surface area contributed by atoms with Gasteiger partial charge in [0.2, 0.25) is 0 Å². The van der Waals surface area contributed by atoms with Crippen molar-refractivity contribution in [3.05, 3.63) is 11.6 Å². The molecule has 0 saturated heterocycles.